The van der Waals surface area contributed by atoms with Crippen LogP contribution in [0.25, 0.3) is 32.3 Å². The Kier molecular flexibility index (Phi) is 16.6. The van der Waals surface area contributed by atoms with Crippen molar-refractivity contribution in [3.63, 3.8) is 0 Å². The van der Waals surface area contributed by atoms with E-state index < -0.39 is 54.3 Å². The molecule has 384 valence electrons. The van der Waals surface area contributed by atoms with Gasteiger partial charge in [0.25, 0.3) is 0 Å². The number of benzene rings is 7. The molecule has 2 saturated heterocycles. The molecule has 11 rings (SSSR count). The SMILES string of the molecule is C=C[C@H](O)[C@@H](O[C@H]1C=C[C@H]2O[C@H]3[C@H](OCc4ccc5ccccc5c4)[C@H]4O[C@@H](/C=C/[C@@H](COCc5ccc6ccccc6c5)OCc5ccc6ccccc6c5)C=CC[C@@H]4O[C@@H]3C[C@@H]2O[C@@H]1C=C)Sc1ccccc1. The molecule has 75 heavy (non-hydrogen) atoms. The maximum absolute atomic E-state index is 11.1. The number of rotatable bonds is 19. The van der Waals surface area contributed by atoms with E-state index in [9.17, 15) is 5.11 Å². The Morgan fingerprint density at radius 1 is 0.613 bits per heavy atom. The van der Waals surface area contributed by atoms with Gasteiger partial charge in [-0.25, -0.2) is 0 Å². The van der Waals surface area contributed by atoms with Crippen molar-refractivity contribution in [2.45, 2.75) is 116 Å². The van der Waals surface area contributed by atoms with Gasteiger partial charge in [0, 0.05) is 11.3 Å². The molecule has 13 atom stereocenters. The summed E-state index contributed by atoms with van der Waals surface area (Å²) in [5.41, 5.74) is 2.58. The lowest BCUT2D eigenvalue weighted by atomic mass is 9.87. The van der Waals surface area contributed by atoms with Crippen LogP contribution in [0.5, 0.6) is 0 Å². The summed E-state index contributed by atoms with van der Waals surface area (Å²) >= 11 is 1.43. The summed E-state index contributed by atoms with van der Waals surface area (Å²) in [6, 6.07) is 54.3. The molecule has 0 aliphatic carbocycles. The van der Waals surface area contributed by atoms with Gasteiger partial charge in [-0.2, -0.15) is 0 Å². The Balaban J connectivity index is 0.834. The number of aliphatic hydroxyl groups excluding tert-OH is 1. The Morgan fingerprint density at radius 2 is 1.23 bits per heavy atom. The molecule has 7 aromatic carbocycles. The van der Waals surface area contributed by atoms with Crippen LogP contribution in [-0.4, -0.2) is 90.4 Å². The fraction of sp³-hybridized carbons (Fsp3) is 0.292. The van der Waals surface area contributed by atoms with E-state index in [-0.39, 0.29) is 24.4 Å². The standard InChI is InChI=1S/C65H64O9S/c1-3-55(66)65(75-54-22-6-5-7-23-54)74-57-33-34-58-60(71-56(57)4-2)38-61-63(73-58)64(69-41-45-27-30-48-17-10-13-20-51(48)37-45)62-59(72-61)24-14-21-52(70-62)31-32-53(68-40-44-26-29-47-16-9-12-19-50(47)36-44)42-67-39-43-25-28-46-15-8-11-18-49(46)35-43/h3-23,25-37,52-53,55-66H,1-2,24,38-42H2/b32-31+/t52-,53+,55+,56-,57+,58-,59+,60+,61-,62+,63-,64-,65+/m1/s1. The van der Waals surface area contributed by atoms with Gasteiger partial charge in [0.05, 0.1) is 56.9 Å². The van der Waals surface area contributed by atoms with E-state index in [4.69, 9.17) is 37.9 Å². The van der Waals surface area contributed by atoms with Gasteiger partial charge in [0.1, 0.15) is 48.2 Å². The van der Waals surface area contributed by atoms with Crippen LogP contribution in [0, 0.1) is 0 Å². The third-order valence-corrected chi connectivity index (χ3v) is 15.7. The highest BCUT2D eigenvalue weighted by atomic mass is 32.2. The fourth-order valence-electron chi connectivity index (χ4n) is 10.6. The predicted molar refractivity (Wildman–Crippen MR) is 297 cm³/mol. The zero-order valence-corrected chi connectivity index (χ0v) is 42.7. The molecule has 9 nitrogen and oxygen atoms in total. The minimum absolute atomic E-state index is 0.323. The van der Waals surface area contributed by atoms with Crippen molar-refractivity contribution >= 4 is 44.1 Å². The summed E-state index contributed by atoms with van der Waals surface area (Å²) in [5.74, 6) is 0. The number of aliphatic hydroxyl groups is 1. The van der Waals surface area contributed by atoms with Crippen LogP contribution in [0.1, 0.15) is 29.5 Å². The van der Waals surface area contributed by atoms with Crippen molar-refractivity contribution in [3.05, 3.63) is 236 Å². The second-order valence-electron chi connectivity index (χ2n) is 19.7. The van der Waals surface area contributed by atoms with Gasteiger partial charge in [0.2, 0.25) is 0 Å². The first-order valence-corrected chi connectivity index (χ1v) is 27.0. The highest BCUT2D eigenvalue weighted by Crippen LogP contribution is 2.41. The van der Waals surface area contributed by atoms with E-state index in [1.54, 1.807) is 6.08 Å². The van der Waals surface area contributed by atoms with Crippen LogP contribution in [0.4, 0.5) is 0 Å². The highest BCUT2D eigenvalue weighted by Gasteiger charge is 2.54. The lowest BCUT2D eigenvalue weighted by Gasteiger charge is -2.51. The van der Waals surface area contributed by atoms with Crippen molar-refractivity contribution < 1.29 is 43.0 Å². The Morgan fingerprint density at radius 3 is 1.88 bits per heavy atom. The van der Waals surface area contributed by atoms with Gasteiger partial charge in [-0.3, -0.25) is 0 Å². The molecule has 0 amide bonds. The molecule has 7 aromatic rings. The number of ether oxygens (including phenoxy) is 8. The van der Waals surface area contributed by atoms with E-state index >= 15 is 0 Å². The van der Waals surface area contributed by atoms with E-state index in [0.717, 1.165) is 27.0 Å². The lowest BCUT2D eigenvalue weighted by Crippen LogP contribution is -2.64. The summed E-state index contributed by atoms with van der Waals surface area (Å²) in [6.07, 6.45) is 11.0. The number of fused-ring (bicyclic) bond motifs is 6. The molecule has 0 radical (unpaired) electrons. The Hall–Kier alpha value is -5.99. The normalized spacial score (nSPS) is 26.7. The third-order valence-electron chi connectivity index (χ3n) is 14.5. The monoisotopic (exact) mass is 1020 g/mol. The maximum atomic E-state index is 11.1. The van der Waals surface area contributed by atoms with Crippen LogP contribution in [-0.2, 0) is 57.7 Å². The summed E-state index contributed by atoms with van der Waals surface area (Å²) in [4.78, 5) is 0.962. The second kappa shape index (κ2) is 24.3. The topological polar surface area (TPSA) is 94.1 Å². The highest BCUT2D eigenvalue weighted by molar-refractivity contribution is 7.99. The van der Waals surface area contributed by atoms with Gasteiger partial charge in [-0.05, 0) is 85.8 Å². The van der Waals surface area contributed by atoms with Crippen LogP contribution < -0.4 is 0 Å². The Bertz CT molecular complexity index is 3140. The van der Waals surface area contributed by atoms with E-state index in [1.165, 1.54) is 44.8 Å². The Labute approximate surface area is 444 Å². The number of hydrogen-bond acceptors (Lipinski definition) is 10. The molecule has 0 unspecified atom stereocenters. The van der Waals surface area contributed by atoms with Crippen molar-refractivity contribution in [2.24, 2.45) is 0 Å². The molecule has 2 fully saturated rings. The predicted octanol–water partition coefficient (Wildman–Crippen LogP) is 12.6. The number of hydrogen-bond donors (Lipinski definition) is 1. The van der Waals surface area contributed by atoms with Gasteiger partial charge in [0.15, 0.2) is 0 Å². The van der Waals surface area contributed by atoms with Gasteiger partial charge >= 0.3 is 0 Å². The minimum atomic E-state index is -0.934. The second-order valence-corrected chi connectivity index (χ2v) is 20.9. The van der Waals surface area contributed by atoms with Crippen molar-refractivity contribution in [1.82, 2.24) is 0 Å². The molecule has 0 spiro atoms. The average Bonchev–Trinajstić information content (AvgIpc) is 3.77. The first-order valence-electron chi connectivity index (χ1n) is 26.1. The van der Waals surface area contributed by atoms with Gasteiger partial charge < -0.3 is 43.0 Å². The first kappa shape index (κ1) is 51.1. The third kappa shape index (κ3) is 12.5. The smallest absolute Gasteiger partial charge is 0.138 e. The van der Waals surface area contributed by atoms with E-state index in [0.29, 0.717) is 39.3 Å². The van der Waals surface area contributed by atoms with Crippen molar-refractivity contribution in [1.29, 1.82) is 0 Å². The molecule has 4 aliphatic rings. The van der Waals surface area contributed by atoms with Gasteiger partial charge in [-0.1, -0.05) is 188 Å². The largest absolute Gasteiger partial charge is 0.385 e. The van der Waals surface area contributed by atoms with E-state index in [2.05, 4.69) is 165 Å². The fourth-order valence-corrected chi connectivity index (χ4v) is 11.6. The van der Waals surface area contributed by atoms with Crippen LogP contribution in [0.2, 0.25) is 0 Å². The lowest BCUT2D eigenvalue weighted by molar-refractivity contribution is -0.297. The van der Waals surface area contributed by atoms with Gasteiger partial charge in [-0.15, -0.1) is 13.2 Å². The molecule has 0 bridgehead atoms. The van der Waals surface area contributed by atoms with Crippen LogP contribution >= 0.6 is 11.8 Å². The molecule has 4 heterocycles. The average molecular weight is 1020 g/mol. The van der Waals surface area contributed by atoms with Crippen molar-refractivity contribution in [2.75, 3.05) is 6.61 Å². The maximum Gasteiger partial charge on any atom is 0.138 e. The van der Waals surface area contributed by atoms with Crippen LogP contribution in [0.15, 0.2) is 224 Å². The summed E-state index contributed by atoms with van der Waals surface area (Å²) in [6.45, 7) is 9.55. The molecule has 0 saturated carbocycles. The molecular formula is C65H64O9S. The summed E-state index contributed by atoms with van der Waals surface area (Å²) in [7, 11) is 0. The van der Waals surface area contributed by atoms with Crippen LogP contribution in [0.3, 0.4) is 0 Å². The molecular weight excluding hydrogens is 957 g/mol. The van der Waals surface area contributed by atoms with Crippen molar-refractivity contribution in [3.8, 4) is 0 Å². The number of thioether (sulfide) groups is 1. The zero-order chi connectivity index (χ0) is 50.9. The quantitative estimate of drug-likeness (QED) is 0.0479. The zero-order valence-electron chi connectivity index (χ0n) is 41.9. The summed E-state index contributed by atoms with van der Waals surface area (Å²) < 4.78 is 54.9. The van der Waals surface area contributed by atoms with E-state index in [1.807, 2.05) is 42.5 Å². The minimum Gasteiger partial charge on any atom is -0.385 e. The molecule has 0 aromatic heterocycles. The molecule has 1 N–H and O–H groups in total. The molecule has 10 heteroatoms. The summed E-state index contributed by atoms with van der Waals surface area (Å²) in [5, 5.41) is 18.1. The molecule has 4 aliphatic heterocycles. The first-order chi connectivity index (χ1) is 36.9.